The Labute approximate surface area is 152 Å². The number of nitrogens with one attached hydrogen (secondary N) is 1. The van der Waals surface area contributed by atoms with Crippen LogP contribution in [0.25, 0.3) is 0 Å². The fourth-order valence-corrected chi connectivity index (χ4v) is 2.98. The van der Waals surface area contributed by atoms with Crippen molar-refractivity contribution in [1.29, 1.82) is 0 Å². The largest absolute Gasteiger partial charge is 0.394 e. The summed E-state index contributed by atoms with van der Waals surface area (Å²) < 4.78 is 11.4. The summed E-state index contributed by atoms with van der Waals surface area (Å²) in [6.07, 6.45) is -2.46. The standard InChI is InChI=1S/C20H23NO5/c22-11-17-18(23)19(26-12-14-7-3-1-4-8-14)16(13-25-17)21-20(24)15-9-5-2-6-10-15/h1-10,16-19,22-23H,11-13H2,(H,21,24)/t16-,17-,18+,19-/m1/s1. The third-order valence-corrected chi connectivity index (χ3v) is 4.42. The molecule has 0 aromatic heterocycles. The van der Waals surface area contributed by atoms with E-state index in [1.807, 2.05) is 36.4 Å². The van der Waals surface area contributed by atoms with Crippen LogP contribution >= 0.6 is 0 Å². The van der Waals surface area contributed by atoms with E-state index in [1.54, 1.807) is 24.3 Å². The lowest BCUT2D eigenvalue weighted by molar-refractivity contribution is -0.180. The van der Waals surface area contributed by atoms with Gasteiger partial charge in [0.25, 0.3) is 5.91 Å². The van der Waals surface area contributed by atoms with E-state index in [-0.39, 0.29) is 19.1 Å². The second kappa shape index (κ2) is 8.91. The Morgan fingerprint density at radius 3 is 2.42 bits per heavy atom. The van der Waals surface area contributed by atoms with E-state index in [0.29, 0.717) is 12.2 Å². The Hall–Kier alpha value is -2.25. The maximum absolute atomic E-state index is 12.4. The number of hydrogen-bond donors (Lipinski definition) is 3. The first-order valence-corrected chi connectivity index (χ1v) is 8.61. The van der Waals surface area contributed by atoms with Gasteiger partial charge in [-0.1, -0.05) is 48.5 Å². The maximum atomic E-state index is 12.4. The lowest BCUT2D eigenvalue weighted by Gasteiger charge is -2.39. The van der Waals surface area contributed by atoms with E-state index < -0.39 is 24.4 Å². The third-order valence-electron chi connectivity index (χ3n) is 4.42. The lowest BCUT2D eigenvalue weighted by Crippen LogP contribution is -2.60. The van der Waals surface area contributed by atoms with Crippen LogP contribution in [0, 0.1) is 0 Å². The number of ether oxygens (including phenoxy) is 2. The highest BCUT2D eigenvalue weighted by molar-refractivity contribution is 5.94. The van der Waals surface area contributed by atoms with Gasteiger partial charge in [0, 0.05) is 5.56 Å². The number of hydrogen-bond acceptors (Lipinski definition) is 5. The number of aliphatic hydroxyl groups is 2. The van der Waals surface area contributed by atoms with Crippen molar-refractivity contribution in [2.24, 2.45) is 0 Å². The third kappa shape index (κ3) is 4.47. The molecular formula is C20H23NO5. The van der Waals surface area contributed by atoms with Gasteiger partial charge in [-0.15, -0.1) is 0 Å². The molecule has 0 bridgehead atoms. The van der Waals surface area contributed by atoms with Gasteiger partial charge in [0.15, 0.2) is 0 Å². The molecule has 0 saturated carbocycles. The zero-order valence-electron chi connectivity index (χ0n) is 14.3. The van der Waals surface area contributed by atoms with Crippen molar-refractivity contribution in [2.75, 3.05) is 13.2 Å². The molecule has 6 nitrogen and oxygen atoms in total. The minimum Gasteiger partial charge on any atom is -0.394 e. The molecule has 1 saturated heterocycles. The quantitative estimate of drug-likeness (QED) is 0.721. The molecule has 4 atom stereocenters. The average molecular weight is 357 g/mol. The van der Waals surface area contributed by atoms with Crippen LogP contribution in [-0.2, 0) is 16.1 Å². The van der Waals surface area contributed by atoms with E-state index in [4.69, 9.17) is 9.47 Å². The van der Waals surface area contributed by atoms with Crippen LogP contribution in [0.3, 0.4) is 0 Å². The highest BCUT2D eigenvalue weighted by atomic mass is 16.5. The van der Waals surface area contributed by atoms with E-state index >= 15 is 0 Å². The smallest absolute Gasteiger partial charge is 0.251 e. The van der Waals surface area contributed by atoms with Gasteiger partial charge in [0.2, 0.25) is 0 Å². The lowest BCUT2D eigenvalue weighted by atomic mass is 9.97. The molecule has 1 amide bonds. The molecule has 1 heterocycles. The second-order valence-corrected chi connectivity index (χ2v) is 6.25. The number of amides is 1. The fraction of sp³-hybridized carbons (Fsp3) is 0.350. The van der Waals surface area contributed by atoms with Crippen LogP contribution in [0.5, 0.6) is 0 Å². The van der Waals surface area contributed by atoms with Gasteiger partial charge < -0.3 is 25.0 Å². The molecule has 6 heteroatoms. The molecule has 138 valence electrons. The minimum absolute atomic E-state index is 0.153. The molecule has 1 fully saturated rings. The zero-order valence-corrected chi connectivity index (χ0v) is 14.3. The van der Waals surface area contributed by atoms with Crippen molar-refractivity contribution in [3.8, 4) is 0 Å². The van der Waals surface area contributed by atoms with Crippen molar-refractivity contribution in [3.63, 3.8) is 0 Å². The van der Waals surface area contributed by atoms with Crippen LogP contribution in [0.15, 0.2) is 60.7 Å². The van der Waals surface area contributed by atoms with Gasteiger partial charge in [-0.25, -0.2) is 0 Å². The van der Waals surface area contributed by atoms with E-state index in [2.05, 4.69) is 5.32 Å². The molecule has 2 aromatic carbocycles. The molecule has 3 rings (SSSR count). The molecule has 26 heavy (non-hydrogen) atoms. The van der Waals surface area contributed by atoms with Crippen molar-refractivity contribution in [3.05, 3.63) is 71.8 Å². The van der Waals surface area contributed by atoms with Gasteiger partial charge in [0.1, 0.15) is 18.3 Å². The molecule has 0 aliphatic carbocycles. The summed E-state index contributed by atoms with van der Waals surface area (Å²) in [5.41, 5.74) is 1.48. The fourth-order valence-electron chi connectivity index (χ4n) is 2.98. The van der Waals surface area contributed by atoms with E-state index in [0.717, 1.165) is 5.56 Å². The first-order chi connectivity index (χ1) is 12.7. The first-order valence-electron chi connectivity index (χ1n) is 8.61. The highest BCUT2D eigenvalue weighted by Crippen LogP contribution is 2.20. The van der Waals surface area contributed by atoms with E-state index in [1.165, 1.54) is 0 Å². The Balaban J connectivity index is 1.70. The predicted molar refractivity (Wildman–Crippen MR) is 95.5 cm³/mol. The van der Waals surface area contributed by atoms with Crippen molar-refractivity contribution in [2.45, 2.75) is 31.0 Å². The molecule has 3 N–H and O–H groups in total. The maximum Gasteiger partial charge on any atom is 0.251 e. The summed E-state index contributed by atoms with van der Waals surface area (Å²) in [6, 6.07) is 17.9. The topological polar surface area (TPSA) is 88.0 Å². The number of rotatable bonds is 6. The zero-order chi connectivity index (χ0) is 18.4. The van der Waals surface area contributed by atoms with Crippen molar-refractivity contribution < 1.29 is 24.5 Å². The molecule has 1 aliphatic rings. The van der Waals surface area contributed by atoms with Gasteiger partial charge in [0.05, 0.1) is 25.9 Å². The summed E-state index contributed by atoms with van der Waals surface area (Å²) in [7, 11) is 0. The molecule has 1 aliphatic heterocycles. The second-order valence-electron chi connectivity index (χ2n) is 6.25. The predicted octanol–water partition coefficient (Wildman–Crippen LogP) is 1.12. The Bertz CT molecular complexity index is 694. The summed E-state index contributed by atoms with van der Waals surface area (Å²) in [6.45, 7) is 0.129. The van der Waals surface area contributed by atoms with Crippen LogP contribution in [0.1, 0.15) is 15.9 Å². The summed E-state index contributed by atoms with van der Waals surface area (Å²) in [5, 5.41) is 22.7. The Kier molecular flexibility index (Phi) is 6.35. The number of carbonyl (C=O) groups excluding carboxylic acids is 1. The average Bonchev–Trinajstić information content (AvgIpc) is 2.69. The highest BCUT2D eigenvalue weighted by Gasteiger charge is 2.40. The number of carbonyl (C=O) groups is 1. The summed E-state index contributed by atoms with van der Waals surface area (Å²) >= 11 is 0. The molecule has 2 aromatic rings. The van der Waals surface area contributed by atoms with Crippen LogP contribution in [0.2, 0.25) is 0 Å². The van der Waals surface area contributed by atoms with E-state index in [9.17, 15) is 15.0 Å². The molecule has 0 radical (unpaired) electrons. The van der Waals surface area contributed by atoms with Crippen molar-refractivity contribution in [1.82, 2.24) is 5.32 Å². The van der Waals surface area contributed by atoms with Crippen LogP contribution < -0.4 is 5.32 Å². The van der Waals surface area contributed by atoms with Gasteiger partial charge >= 0.3 is 0 Å². The molecule has 0 spiro atoms. The Morgan fingerprint density at radius 1 is 1.12 bits per heavy atom. The number of benzene rings is 2. The van der Waals surface area contributed by atoms with Gasteiger partial charge in [-0.05, 0) is 17.7 Å². The van der Waals surface area contributed by atoms with Crippen molar-refractivity contribution >= 4 is 5.91 Å². The molecule has 0 unspecified atom stereocenters. The Morgan fingerprint density at radius 2 is 1.77 bits per heavy atom. The molecular weight excluding hydrogens is 334 g/mol. The van der Waals surface area contributed by atoms with Gasteiger partial charge in [-0.2, -0.15) is 0 Å². The minimum atomic E-state index is -1.04. The number of aliphatic hydroxyl groups excluding tert-OH is 2. The SMILES string of the molecule is O=C(N[C@@H]1CO[C@H](CO)[C@H](O)[C@@H]1OCc1ccccc1)c1ccccc1. The normalized spacial score (nSPS) is 25.6. The van der Waals surface area contributed by atoms with Crippen LogP contribution in [-0.4, -0.2) is 53.7 Å². The summed E-state index contributed by atoms with van der Waals surface area (Å²) in [4.78, 5) is 12.4. The summed E-state index contributed by atoms with van der Waals surface area (Å²) in [5.74, 6) is -0.262. The monoisotopic (exact) mass is 357 g/mol. The first kappa shape index (κ1) is 18.5. The van der Waals surface area contributed by atoms with Gasteiger partial charge in [-0.3, -0.25) is 4.79 Å². The van der Waals surface area contributed by atoms with Crippen LogP contribution in [0.4, 0.5) is 0 Å².